The van der Waals surface area contributed by atoms with Gasteiger partial charge in [-0.3, -0.25) is 19.4 Å². The zero-order chi connectivity index (χ0) is 19.3. The second-order valence-electron chi connectivity index (χ2n) is 5.10. The van der Waals surface area contributed by atoms with Gasteiger partial charge in [0, 0.05) is 5.56 Å². The molecule has 0 radical (unpaired) electrons. The van der Waals surface area contributed by atoms with Crippen molar-refractivity contribution in [2.45, 2.75) is 17.3 Å². The number of hydrogen-bond donors (Lipinski definition) is 3. The Bertz CT molecular complexity index is 866. The molecule has 0 bridgehead atoms. The fourth-order valence-corrected chi connectivity index (χ4v) is 2.79. The number of ether oxygens (including phenoxy) is 2. The molecule has 0 aliphatic carbocycles. The van der Waals surface area contributed by atoms with Gasteiger partial charge in [-0.2, -0.15) is 0 Å². The second kappa shape index (κ2) is 8.39. The fourth-order valence-electron chi connectivity index (χ4n) is 1.96. The summed E-state index contributed by atoms with van der Waals surface area (Å²) in [6.07, 6.45) is 0. The molecule has 0 saturated heterocycles. The Morgan fingerprint density at radius 3 is 2.46 bits per heavy atom. The molecule has 0 aliphatic heterocycles. The van der Waals surface area contributed by atoms with Crippen LogP contribution in [0.2, 0.25) is 0 Å². The summed E-state index contributed by atoms with van der Waals surface area (Å²) in [5.41, 5.74) is 5.31. The SMILES string of the molecule is COC(=O)[C@H](C)Sc1nc(N)c(NC(=O)c2ccc(OC)cc2)c(=O)[nH]1. The lowest BCUT2D eigenvalue weighted by Gasteiger charge is -2.11. The first-order valence-electron chi connectivity index (χ1n) is 7.45. The maximum absolute atomic E-state index is 12.3. The highest BCUT2D eigenvalue weighted by atomic mass is 32.2. The molecule has 0 saturated carbocycles. The molecule has 1 heterocycles. The highest BCUT2D eigenvalue weighted by molar-refractivity contribution is 8.00. The molecule has 4 N–H and O–H groups in total. The molecule has 0 unspecified atom stereocenters. The third-order valence-electron chi connectivity index (χ3n) is 3.34. The molecule has 1 aromatic heterocycles. The van der Waals surface area contributed by atoms with Gasteiger partial charge in [0.15, 0.2) is 11.0 Å². The number of esters is 1. The predicted molar refractivity (Wildman–Crippen MR) is 97.6 cm³/mol. The Balaban J connectivity index is 2.18. The molecule has 1 amide bonds. The van der Waals surface area contributed by atoms with Crippen LogP contribution in [0.5, 0.6) is 5.75 Å². The number of nitrogens with two attached hydrogens (primary N) is 1. The number of nitrogen functional groups attached to an aromatic ring is 1. The summed E-state index contributed by atoms with van der Waals surface area (Å²) in [5.74, 6) is -0.542. The number of methoxy groups -OCH3 is 2. The van der Waals surface area contributed by atoms with E-state index in [9.17, 15) is 14.4 Å². The average molecular weight is 378 g/mol. The Hall–Kier alpha value is -3.01. The van der Waals surface area contributed by atoms with Gasteiger partial charge in [0.25, 0.3) is 11.5 Å². The summed E-state index contributed by atoms with van der Waals surface area (Å²) in [5, 5.41) is 2.00. The number of nitrogens with one attached hydrogen (secondary N) is 2. The van der Waals surface area contributed by atoms with Crippen molar-refractivity contribution in [2.75, 3.05) is 25.3 Å². The first-order valence-corrected chi connectivity index (χ1v) is 8.33. The van der Waals surface area contributed by atoms with E-state index in [0.717, 1.165) is 11.8 Å². The number of benzene rings is 1. The number of nitrogens with zero attached hydrogens (tertiary/aromatic N) is 1. The van der Waals surface area contributed by atoms with E-state index < -0.39 is 22.7 Å². The third-order valence-corrected chi connectivity index (χ3v) is 4.30. The van der Waals surface area contributed by atoms with Crippen molar-refractivity contribution >= 4 is 35.1 Å². The summed E-state index contributed by atoms with van der Waals surface area (Å²) in [6.45, 7) is 1.60. The van der Waals surface area contributed by atoms with E-state index in [4.69, 9.17) is 10.5 Å². The number of H-pyrrole nitrogens is 1. The lowest BCUT2D eigenvalue weighted by atomic mass is 10.2. The topological polar surface area (TPSA) is 136 Å². The number of hydrogen-bond acceptors (Lipinski definition) is 8. The van der Waals surface area contributed by atoms with Crippen LogP contribution in [-0.2, 0) is 9.53 Å². The largest absolute Gasteiger partial charge is 0.497 e. The quantitative estimate of drug-likeness (QED) is 0.388. The summed E-state index contributed by atoms with van der Waals surface area (Å²) >= 11 is 0.985. The van der Waals surface area contributed by atoms with Gasteiger partial charge in [-0.1, -0.05) is 11.8 Å². The van der Waals surface area contributed by atoms with Gasteiger partial charge < -0.3 is 20.5 Å². The minimum absolute atomic E-state index is 0.146. The van der Waals surface area contributed by atoms with Gasteiger partial charge in [-0.05, 0) is 31.2 Å². The van der Waals surface area contributed by atoms with Crippen molar-refractivity contribution in [3.8, 4) is 5.75 Å². The highest BCUT2D eigenvalue weighted by Crippen LogP contribution is 2.22. The zero-order valence-corrected chi connectivity index (χ0v) is 15.2. The maximum atomic E-state index is 12.3. The van der Waals surface area contributed by atoms with Crippen LogP contribution < -0.4 is 21.3 Å². The fraction of sp³-hybridized carbons (Fsp3) is 0.250. The minimum atomic E-state index is -0.626. The number of carbonyl (C=O) groups excluding carboxylic acids is 2. The summed E-state index contributed by atoms with van der Waals surface area (Å²) in [4.78, 5) is 42.4. The van der Waals surface area contributed by atoms with Crippen LogP contribution in [0, 0.1) is 0 Å². The standard InChI is InChI=1S/C16H18N4O5S/c1-8(15(23)25-3)26-16-19-12(17)11(14(22)20-16)18-13(21)9-4-6-10(24-2)7-5-9/h4-8H,1-3H3,(H,18,21)(H3,17,19,20,22)/t8-/m0/s1. The molecule has 26 heavy (non-hydrogen) atoms. The summed E-state index contributed by atoms with van der Waals surface area (Å²) in [6, 6.07) is 6.34. The van der Waals surface area contributed by atoms with Crippen molar-refractivity contribution in [3.05, 3.63) is 40.2 Å². The monoisotopic (exact) mass is 378 g/mol. The Kier molecular flexibility index (Phi) is 6.23. The zero-order valence-electron chi connectivity index (χ0n) is 14.4. The number of rotatable bonds is 6. The second-order valence-corrected chi connectivity index (χ2v) is 6.43. The van der Waals surface area contributed by atoms with Gasteiger partial charge in [-0.15, -0.1) is 0 Å². The van der Waals surface area contributed by atoms with Crippen LogP contribution in [0.25, 0.3) is 0 Å². The van der Waals surface area contributed by atoms with Gasteiger partial charge in [-0.25, -0.2) is 4.98 Å². The number of carbonyl (C=O) groups is 2. The predicted octanol–water partition coefficient (Wildman–Crippen LogP) is 1.27. The average Bonchev–Trinajstić information content (AvgIpc) is 2.63. The van der Waals surface area contributed by atoms with Crippen molar-refractivity contribution in [1.29, 1.82) is 0 Å². The normalized spacial score (nSPS) is 11.5. The van der Waals surface area contributed by atoms with E-state index in [1.54, 1.807) is 31.2 Å². The Labute approximate surface area is 153 Å². The van der Waals surface area contributed by atoms with Gasteiger partial charge in [0.2, 0.25) is 0 Å². The van der Waals surface area contributed by atoms with E-state index in [0.29, 0.717) is 11.3 Å². The number of aromatic amines is 1. The minimum Gasteiger partial charge on any atom is -0.497 e. The number of anilines is 2. The molecule has 0 fully saturated rings. The van der Waals surface area contributed by atoms with Gasteiger partial charge in [0.1, 0.15) is 16.7 Å². The molecule has 1 aromatic carbocycles. The van der Waals surface area contributed by atoms with E-state index in [1.165, 1.54) is 14.2 Å². The summed E-state index contributed by atoms with van der Waals surface area (Å²) < 4.78 is 9.63. The van der Waals surface area contributed by atoms with Crippen LogP contribution in [0.15, 0.2) is 34.2 Å². The highest BCUT2D eigenvalue weighted by Gasteiger charge is 2.19. The molecule has 0 spiro atoms. The number of aromatic nitrogens is 2. The van der Waals surface area contributed by atoms with Crippen LogP contribution in [-0.4, -0.2) is 41.3 Å². The molecule has 1 atom stereocenters. The van der Waals surface area contributed by atoms with E-state index in [2.05, 4.69) is 20.0 Å². The molecule has 10 heteroatoms. The van der Waals surface area contributed by atoms with Crippen LogP contribution >= 0.6 is 11.8 Å². The van der Waals surface area contributed by atoms with Crippen LogP contribution in [0.3, 0.4) is 0 Å². The first-order chi connectivity index (χ1) is 12.3. The maximum Gasteiger partial charge on any atom is 0.318 e. The molecule has 138 valence electrons. The molecule has 2 aromatic rings. The van der Waals surface area contributed by atoms with Crippen LogP contribution in [0.4, 0.5) is 11.5 Å². The lowest BCUT2D eigenvalue weighted by molar-refractivity contribution is -0.139. The summed E-state index contributed by atoms with van der Waals surface area (Å²) in [7, 11) is 2.78. The number of thioether (sulfide) groups is 1. The molecular weight excluding hydrogens is 360 g/mol. The Morgan fingerprint density at radius 1 is 1.27 bits per heavy atom. The van der Waals surface area contributed by atoms with Crippen molar-refractivity contribution in [2.24, 2.45) is 0 Å². The van der Waals surface area contributed by atoms with Crippen molar-refractivity contribution < 1.29 is 19.1 Å². The van der Waals surface area contributed by atoms with Crippen molar-refractivity contribution in [3.63, 3.8) is 0 Å². The van der Waals surface area contributed by atoms with Crippen molar-refractivity contribution in [1.82, 2.24) is 9.97 Å². The lowest BCUT2D eigenvalue weighted by Crippen LogP contribution is -2.24. The van der Waals surface area contributed by atoms with Crippen LogP contribution in [0.1, 0.15) is 17.3 Å². The van der Waals surface area contributed by atoms with E-state index in [-0.39, 0.29) is 16.7 Å². The first kappa shape index (κ1) is 19.3. The van der Waals surface area contributed by atoms with Gasteiger partial charge >= 0.3 is 5.97 Å². The van der Waals surface area contributed by atoms with Gasteiger partial charge in [0.05, 0.1) is 14.2 Å². The number of amides is 1. The Morgan fingerprint density at radius 2 is 1.92 bits per heavy atom. The molecular formula is C16H18N4O5S. The van der Waals surface area contributed by atoms with E-state index in [1.807, 2.05) is 0 Å². The molecule has 9 nitrogen and oxygen atoms in total. The van der Waals surface area contributed by atoms with E-state index >= 15 is 0 Å². The smallest absolute Gasteiger partial charge is 0.318 e. The molecule has 2 rings (SSSR count). The molecule has 0 aliphatic rings. The third kappa shape index (κ3) is 4.54.